The molecule has 0 aromatic heterocycles. The standard InChI is InChI=1S/C20H21FNO/c21-19-8-6-17(7-9-19)20(23)18-11-14-22(15-12-18)13-10-16-4-2-1-3-5-16/h1-4,6-9,18H,10-15H2. The van der Waals surface area contributed by atoms with Crippen LogP contribution in [0.3, 0.4) is 0 Å². The fraction of sp³-hybridized carbons (Fsp3) is 0.350. The molecule has 2 aromatic carbocycles. The van der Waals surface area contributed by atoms with Crippen molar-refractivity contribution in [2.45, 2.75) is 19.3 Å². The Morgan fingerprint density at radius 1 is 1.13 bits per heavy atom. The van der Waals surface area contributed by atoms with Crippen LogP contribution in [0.25, 0.3) is 0 Å². The van der Waals surface area contributed by atoms with E-state index in [-0.39, 0.29) is 17.5 Å². The second-order valence-electron chi connectivity index (χ2n) is 6.12. The Hall–Kier alpha value is -2.00. The summed E-state index contributed by atoms with van der Waals surface area (Å²) >= 11 is 0. The Balaban J connectivity index is 1.48. The van der Waals surface area contributed by atoms with Gasteiger partial charge in [0.25, 0.3) is 0 Å². The molecule has 0 saturated carbocycles. The molecule has 1 aliphatic rings. The van der Waals surface area contributed by atoms with E-state index in [9.17, 15) is 9.18 Å². The molecule has 0 atom stereocenters. The Bertz CT molecular complexity index is 630. The molecule has 0 unspecified atom stereocenters. The number of ketones is 1. The quantitative estimate of drug-likeness (QED) is 0.784. The van der Waals surface area contributed by atoms with Gasteiger partial charge in [0, 0.05) is 18.0 Å². The van der Waals surface area contributed by atoms with Crippen LogP contribution in [0.1, 0.15) is 28.8 Å². The number of hydrogen-bond donors (Lipinski definition) is 0. The highest BCUT2D eigenvalue weighted by atomic mass is 19.1. The average molecular weight is 310 g/mol. The van der Waals surface area contributed by atoms with Gasteiger partial charge in [0.2, 0.25) is 0 Å². The van der Waals surface area contributed by atoms with Crippen molar-refractivity contribution in [1.29, 1.82) is 0 Å². The Morgan fingerprint density at radius 2 is 1.87 bits per heavy atom. The zero-order chi connectivity index (χ0) is 16.1. The molecule has 0 spiro atoms. The van der Waals surface area contributed by atoms with Gasteiger partial charge < -0.3 is 4.90 Å². The summed E-state index contributed by atoms with van der Waals surface area (Å²) in [6, 6.07) is 17.2. The number of halogens is 1. The molecule has 0 N–H and O–H groups in total. The van der Waals surface area contributed by atoms with E-state index in [0.29, 0.717) is 5.56 Å². The van der Waals surface area contributed by atoms with Gasteiger partial charge in [0.15, 0.2) is 5.78 Å². The first-order chi connectivity index (χ1) is 11.2. The number of benzene rings is 2. The molecule has 0 amide bonds. The van der Waals surface area contributed by atoms with E-state index in [1.807, 2.05) is 18.2 Å². The lowest BCUT2D eigenvalue weighted by molar-refractivity contribution is 0.0841. The summed E-state index contributed by atoms with van der Waals surface area (Å²) in [4.78, 5) is 14.9. The van der Waals surface area contributed by atoms with E-state index in [4.69, 9.17) is 0 Å². The Labute approximate surface area is 136 Å². The van der Waals surface area contributed by atoms with E-state index < -0.39 is 0 Å². The van der Waals surface area contributed by atoms with Crippen molar-refractivity contribution < 1.29 is 9.18 Å². The molecule has 2 aromatic rings. The number of likely N-dealkylation sites (tertiary alicyclic amines) is 1. The van der Waals surface area contributed by atoms with Gasteiger partial charge in [0.05, 0.1) is 0 Å². The highest BCUT2D eigenvalue weighted by Gasteiger charge is 2.25. The summed E-state index contributed by atoms with van der Waals surface area (Å²) in [5, 5.41) is 0. The predicted octanol–water partition coefficient (Wildman–Crippen LogP) is 3.76. The van der Waals surface area contributed by atoms with Crippen molar-refractivity contribution in [1.82, 2.24) is 4.90 Å². The third-order valence-electron chi connectivity index (χ3n) is 4.56. The molecule has 1 aliphatic heterocycles. The summed E-state index contributed by atoms with van der Waals surface area (Å²) in [5.41, 5.74) is 1.86. The number of hydrogen-bond acceptors (Lipinski definition) is 2. The summed E-state index contributed by atoms with van der Waals surface area (Å²) in [5.74, 6) is -0.0740. The van der Waals surface area contributed by atoms with E-state index >= 15 is 0 Å². The maximum absolute atomic E-state index is 12.9. The summed E-state index contributed by atoms with van der Waals surface area (Å²) < 4.78 is 12.9. The zero-order valence-electron chi connectivity index (χ0n) is 13.2. The first kappa shape index (κ1) is 15.9. The Kier molecular flexibility index (Phi) is 5.19. The van der Waals surface area contributed by atoms with Gasteiger partial charge in [-0.05, 0) is 68.2 Å². The second-order valence-corrected chi connectivity index (χ2v) is 6.12. The van der Waals surface area contributed by atoms with Crippen molar-refractivity contribution in [3.63, 3.8) is 0 Å². The number of piperidine rings is 1. The highest BCUT2D eigenvalue weighted by Crippen LogP contribution is 2.22. The van der Waals surface area contributed by atoms with Crippen molar-refractivity contribution in [2.75, 3.05) is 19.6 Å². The molecule has 3 heteroatoms. The maximum Gasteiger partial charge on any atom is 0.166 e. The summed E-state index contributed by atoms with van der Waals surface area (Å²) in [7, 11) is 0. The largest absolute Gasteiger partial charge is 0.303 e. The number of carbonyl (C=O) groups excluding carboxylic acids is 1. The molecule has 0 aliphatic carbocycles. The molecule has 0 bridgehead atoms. The lowest BCUT2D eigenvalue weighted by Crippen LogP contribution is -2.37. The summed E-state index contributed by atoms with van der Waals surface area (Å²) in [6.45, 7) is 2.91. The molecule has 119 valence electrons. The van der Waals surface area contributed by atoms with Gasteiger partial charge in [-0.3, -0.25) is 4.79 Å². The smallest absolute Gasteiger partial charge is 0.166 e. The number of rotatable bonds is 5. The molecule has 1 fully saturated rings. The third-order valence-corrected chi connectivity index (χ3v) is 4.56. The molecule has 1 radical (unpaired) electrons. The molecule has 3 rings (SSSR count). The fourth-order valence-electron chi connectivity index (χ4n) is 3.13. The summed E-state index contributed by atoms with van der Waals surface area (Å²) in [6.07, 6.45) is 2.76. The van der Waals surface area contributed by atoms with Crippen molar-refractivity contribution in [3.05, 3.63) is 71.5 Å². The van der Waals surface area contributed by atoms with Crippen LogP contribution in [-0.2, 0) is 6.42 Å². The fourth-order valence-corrected chi connectivity index (χ4v) is 3.13. The normalized spacial score (nSPS) is 16.4. The van der Waals surface area contributed by atoms with Crippen LogP contribution in [0.5, 0.6) is 0 Å². The SMILES string of the molecule is O=C(c1ccc(F)cc1)C1CCN(CCc2[c]cccc2)CC1. The third kappa shape index (κ3) is 4.26. The molecule has 1 heterocycles. The second kappa shape index (κ2) is 7.51. The van der Waals surface area contributed by atoms with Crippen molar-refractivity contribution in [3.8, 4) is 0 Å². The molecule has 1 saturated heterocycles. The van der Waals surface area contributed by atoms with Crippen molar-refractivity contribution >= 4 is 5.78 Å². The van der Waals surface area contributed by atoms with Gasteiger partial charge in [-0.15, -0.1) is 0 Å². The van der Waals surface area contributed by atoms with Gasteiger partial charge in [-0.2, -0.15) is 0 Å². The van der Waals surface area contributed by atoms with E-state index in [0.717, 1.165) is 38.9 Å². The number of nitrogens with zero attached hydrogens (tertiary/aromatic N) is 1. The Morgan fingerprint density at radius 3 is 2.52 bits per heavy atom. The lowest BCUT2D eigenvalue weighted by atomic mass is 9.89. The van der Waals surface area contributed by atoms with Crippen molar-refractivity contribution in [2.24, 2.45) is 5.92 Å². The molecule has 23 heavy (non-hydrogen) atoms. The minimum Gasteiger partial charge on any atom is -0.303 e. The predicted molar refractivity (Wildman–Crippen MR) is 88.9 cm³/mol. The van der Waals surface area contributed by atoms with E-state index in [1.165, 1.54) is 17.7 Å². The van der Waals surface area contributed by atoms with Gasteiger partial charge in [0.1, 0.15) is 5.82 Å². The zero-order valence-corrected chi connectivity index (χ0v) is 13.2. The molecular weight excluding hydrogens is 289 g/mol. The van der Waals surface area contributed by atoms with Gasteiger partial charge >= 0.3 is 0 Å². The van der Waals surface area contributed by atoms with Crippen LogP contribution in [0.4, 0.5) is 4.39 Å². The molecule has 2 nitrogen and oxygen atoms in total. The van der Waals surface area contributed by atoms with Gasteiger partial charge in [-0.1, -0.05) is 24.3 Å². The van der Waals surface area contributed by atoms with Crippen LogP contribution >= 0.6 is 0 Å². The van der Waals surface area contributed by atoms with Crippen LogP contribution in [0, 0.1) is 17.8 Å². The lowest BCUT2D eigenvalue weighted by Gasteiger charge is -2.31. The van der Waals surface area contributed by atoms with E-state index in [2.05, 4.69) is 17.0 Å². The van der Waals surface area contributed by atoms with Crippen LogP contribution < -0.4 is 0 Å². The number of Topliss-reactive ketones (excluding diaryl/α,β-unsaturated/α-hetero) is 1. The van der Waals surface area contributed by atoms with Crippen LogP contribution in [-0.4, -0.2) is 30.3 Å². The monoisotopic (exact) mass is 310 g/mol. The van der Waals surface area contributed by atoms with Crippen LogP contribution in [0.2, 0.25) is 0 Å². The van der Waals surface area contributed by atoms with Crippen LogP contribution in [0.15, 0.2) is 48.5 Å². The molecular formula is C20H21FNO. The van der Waals surface area contributed by atoms with Gasteiger partial charge in [-0.25, -0.2) is 4.39 Å². The first-order valence-corrected chi connectivity index (χ1v) is 8.20. The maximum atomic E-state index is 12.9. The average Bonchev–Trinajstić information content (AvgIpc) is 2.61. The minimum atomic E-state index is -0.297. The van der Waals surface area contributed by atoms with E-state index in [1.54, 1.807) is 12.1 Å². The minimum absolute atomic E-state index is 0.0694. The number of carbonyl (C=O) groups is 1. The topological polar surface area (TPSA) is 20.3 Å². The first-order valence-electron chi connectivity index (χ1n) is 8.20. The highest BCUT2D eigenvalue weighted by molar-refractivity contribution is 5.97.